The van der Waals surface area contributed by atoms with E-state index in [1.54, 1.807) is 12.1 Å². The minimum atomic E-state index is -0.988. The fourth-order valence-electron chi connectivity index (χ4n) is 3.13. The van der Waals surface area contributed by atoms with E-state index in [0.29, 0.717) is 5.56 Å². The highest BCUT2D eigenvalue weighted by atomic mass is 16.5. The van der Waals surface area contributed by atoms with E-state index < -0.39 is 23.9 Å². The highest BCUT2D eigenvalue weighted by Gasteiger charge is 2.35. The van der Waals surface area contributed by atoms with E-state index in [2.05, 4.69) is 6.58 Å². The van der Waals surface area contributed by atoms with E-state index in [0.717, 1.165) is 16.9 Å². The Kier molecular flexibility index (Phi) is 5.73. The van der Waals surface area contributed by atoms with Crippen LogP contribution < -0.4 is 0 Å². The first-order chi connectivity index (χ1) is 13.9. The van der Waals surface area contributed by atoms with Gasteiger partial charge in [0.2, 0.25) is 5.78 Å². The van der Waals surface area contributed by atoms with Gasteiger partial charge in [-0.3, -0.25) is 19.3 Å². The van der Waals surface area contributed by atoms with E-state index >= 15 is 0 Å². The van der Waals surface area contributed by atoms with Gasteiger partial charge in [0.25, 0.3) is 11.8 Å². The Bertz CT molecular complexity index is 1010. The summed E-state index contributed by atoms with van der Waals surface area (Å²) in [6.45, 7) is 7.15. The first kappa shape index (κ1) is 20.2. The van der Waals surface area contributed by atoms with Crippen molar-refractivity contribution in [3.8, 4) is 0 Å². The number of rotatable bonds is 7. The van der Waals surface area contributed by atoms with Crippen LogP contribution in [-0.4, -0.2) is 41.1 Å². The molecule has 3 rings (SSSR count). The molecule has 1 aliphatic rings. The molecular weight excluding hydrogens is 370 g/mol. The zero-order chi connectivity index (χ0) is 21.1. The second-order valence-electron chi connectivity index (χ2n) is 6.73. The second-order valence-corrected chi connectivity index (χ2v) is 6.73. The summed E-state index contributed by atoms with van der Waals surface area (Å²) in [7, 11) is 0. The SMILES string of the molecule is C=CCN1C(=O)c2ccc(C(=O)O[C@@H](C)C(=O)c3ccc(CC)cc3)cc2C1=O. The summed E-state index contributed by atoms with van der Waals surface area (Å²) >= 11 is 0. The zero-order valence-electron chi connectivity index (χ0n) is 16.3. The number of carbonyl (C=O) groups excluding carboxylic acids is 4. The van der Waals surface area contributed by atoms with Crippen LogP contribution in [-0.2, 0) is 11.2 Å². The number of ether oxygens (including phenoxy) is 1. The number of esters is 1. The predicted octanol–water partition coefficient (Wildman–Crippen LogP) is 3.46. The van der Waals surface area contributed by atoms with E-state index in [4.69, 9.17) is 4.74 Å². The van der Waals surface area contributed by atoms with Gasteiger partial charge in [-0.1, -0.05) is 37.3 Å². The number of benzene rings is 2. The molecule has 2 aromatic carbocycles. The monoisotopic (exact) mass is 391 g/mol. The molecule has 0 N–H and O–H groups in total. The summed E-state index contributed by atoms with van der Waals surface area (Å²) < 4.78 is 5.29. The molecule has 1 heterocycles. The van der Waals surface area contributed by atoms with Gasteiger partial charge in [0.1, 0.15) is 0 Å². The molecule has 0 spiro atoms. The van der Waals surface area contributed by atoms with Crippen molar-refractivity contribution in [2.24, 2.45) is 0 Å². The van der Waals surface area contributed by atoms with Gasteiger partial charge in [0, 0.05) is 12.1 Å². The van der Waals surface area contributed by atoms with Crippen molar-refractivity contribution in [3.63, 3.8) is 0 Å². The molecule has 1 atom stereocenters. The van der Waals surface area contributed by atoms with Gasteiger partial charge in [-0.2, -0.15) is 0 Å². The van der Waals surface area contributed by atoms with E-state index in [9.17, 15) is 19.2 Å². The molecule has 0 radical (unpaired) electrons. The Balaban J connectivity index is 1.74. The van der Waals surface area contributed by atoms with Gasteiger partial charge in [0.15, 0.2) is 6.10 Å². The maximum atomic E-state index is 12.5. The number of carbonyl (C=O) groups is 4. The number of nitrogens with zero attached hydrogens (tertiary/aromatic N) is 1. The average molecular weight is 391 g/mol. The van der Waals surface area contributed by atoms with Gasteiger partial charge in [-0.25, -0.2) is 4.79 Å². The zero-order valence-corrected chi connectivity index (χ0v) is 16.3. The standard InChI is InChI=1S/C23H21NO5/c1-4-12-24-21(26)18-11-10-17(13-19(18)22(24)27)23(28)29-14(3)20(25)16-8-6-15(5-2)7-9-16/h4,6-11,13-14H,1,5,12H2,2-3H3/t14-/m0/s1. The highest BCUT2D eigenvalue weighted by Crippen LogP contribution is 2.24. The lowest BCUT2D eigenvalue weighted by atomic mass is 10.0. The molecule has 6 heteroatoms. The number of aryl methyl sites for hydroxylation is 1. The van der Waals surface area contributed by atoms with Gasteiger partial charge in [-0.15, -0.1) is 6.58 Å². The van der Waals surface area contributed by atoms with Crippen LogP contribution >= 0.6 is 0 Å². The van der Waals surface area contributed by atoms with E-state index in [1.165, 1.54) is 31.2 Å². The molecule has 2 aromatic rings. The van der Waals surface area contributed by atoms with Crippen molar-refractivity contribution >= 4 is 23.6 Å². The number of hydrogen-bond donors (Lipinski definition) is 0. The lowest BCUT2D eigenvalue weighted by Crippen LogP contribution is -2.29. The molecule has 0 saturated carbocycles. The van der Waals surface area contributed by atoms with E-state index in [1.807, 2.05) is 19.1 Å². The number of Topliss-reactive ketones (excluding diaryl/α,β-unsaturated/α-hetero) is 1. The quantitative estimate of drug-likeness (QED) is 0.312. The normalized spacial score (nSPS) is 13.8. The van der Waals surface area contributed by atoms with Crippen LogP contribution in [0.1, 0.15) is 60.8 Å². The lowest BCUT2D eigenvalue weighted by molar-refractivity contribution is 0.0318. The summed E-state index contributed by atoms with van der Waals surface area (Å²) in [5, 5.41) is 0. The molecular formula is C23H21NO5. The first-order valence-electron chi connectivity index (χ1n) is 9.32. The molecule has 6 nitrogen and oxygen atoms in total. The molecule has 0 unspecified atom stereocenters. The van der Waals surface area contributed by atoms with Gasteiger partial charge in [0.05, 0.1) is 16.7 Å². The van der Waals surface area contributed by atoms with Crippen molar-refractivity contribution in [3.05, 3.63) is 82.9 Å². The summed E-state index contributed by atoms with van der Waals surface area (Å²) in [4.78, 5) is 50.7. The number of ketones is 1. The fourth-order valence-corrected chi connectivity index (χ4v) is 3.13. The molecule has 0 bridgehead atoms. The topological polar surface area (TPSA) is 80.8 Å². The molecule has 0 aromatic heterocycles. The van der Waals surface area contributed by atoms with Crippen LogP contribution in [0.4, 0.5) is 0 Å². The maximum absolute atomic E-state index is 12.5. The van der Waals surface area contributed by atoms with Crippen molar-refractivity contribution in [2.75, 3.05) is 6.54 Å². The van der Waals surface area contributed by atoms with Crippen LogP contribution in [0.3, 0.4) is 0 Å². The van der Waals surface area contributed by atoms with Gasteiger partial charge < -0.3 is 4.74 Å². The van der Waals surface area contributed by atoms with Crippen molar-refractivity contribution in [1.82, 2.24) is 4.90 Å². The number of imide groups is 1. The third-order valence-electron chi connectivity index (χ3n) is 4.82. The van der Waals surface area contributed by atoms with Gasteiger partial charge >= 0.3 is 5.97 Å². The molecule has 0 saturated heterocycles. The van der Waals surface area contributed by atoms with Crippen LogP contribution in [0.15, 0.2) is 55.1 Å². The average Bonchev–Trinajstić information content (AvgIpc) is 2.97. The minimum absolute atomic E-state index is 0.0917. The Labute approximate surface area is 168 Å². The molecule has 0 aliphatic carbocycles. The van der Waals surface area contributed by atoms with Crippen molar-refractivity contribution < 1.29 is 23.9 Å². The van der Waals surface area contributed by atoms with Crippen LogP contribution in [0.5, 0.6) is 0 Å². The molecule has 29 heavy (non-hydrogen) atoms. The minimum Gasteiger partial charge on any atom is -0.451 e. The summed E-state index contributed by atoms with van der Waals surface area (Å²) in [6.07, 6.45) is 1.33. The molecule has 0 fully saturated rings. The molecule has 2 amide bonds. The fraction of sp³-hybridized carbons (Fsp3) is 0.217. The summed E-state index contributed by atoms with van der Waals surface area (Å²) in [6, 6.07) is 11.3. The molecule has 1 aliphatic heterocycles. The van der Waals surface area contributed by atoms with Crippen molar-refractivity contribution in [2.45, 2.75) is 26.4 Å². The second kappa shape index (κ2) is 8.22. The predicted molar refractivity (Wildman–Crippen MR) is 107 cm³/mol. The number of fused-ring (bicyclic) bond motifs is 1. The largest absolute Gasteiger partial charge is 0.451 e. The third kappa shape index (κ3) is 3.87. The van der Waals surface area contributed by atoms with Crippen LogP contribution in [0.2, 0.25) is 0 Å². The smallest absolute Gasteiger partial charge is 0.338 e. The molecule has 148 valence electrons. The third-order valence-corrected chi connectivity index (χ3v) is 4.82. The summed E-state index contributed by atoms with van der Waals surface area (Å²) in [5.41, 5.74) is 2.03. The van der Waals surface area contributed by atoms with Gasteiger partial charge in [-0.05, 0) is 37.1 Å². The lowest BCUT2D eigenvalue weighted by Gasteiger charge is -2.13. The van der Waals surface area contributed by atoms with E-state index in [-0.39, 0.29) is 29.0 Å². The Morgan fingerprint density at radius 2 is 1.66 bits per heavy atom. The first-order valence-corrected chi connectivity index (χ1v) is 9.32. The van der Waals surface area contributed by atoms with Crippen LogP contribution in [0, 0.1) is 0 Å². The Morgan fingerprint density at radius 3 is 2.28 bits per heavy atom. The summed E-state index contributed by atoms with van der Waals surface area (Å²) in [5.74, 6) is -1.96. The van der Waals surface area contributed by atoms with Crippen LogP contribution in [0.25, 0.3) is 0 Å². The maximum Gasteiger partial charge on any atom is 0.338 e. The van der Waals surface area contributed by atoms with Crippen molar-refractivity contribution in [1.29, 1.82) is 0 Å². The Hall–Kier alpha value is -3.54. The number of hydrogen-bond acceptors (Lipinski definition) is 5. The number of amides is 2. The highest BCUT2D eigenvalue weighted by molar-refractivity contribution is 6.22. The Morgan fingerprint density at radius 1 is 1.03 bits per heavy atom.